The van der Waals surface area contributed by atoms with Gasteiger partial charge >= 0.3 is 0 Å². The second-order valence-corrected chi connectivity index (χ2v) is 3.67. The summed E-state index contributed by atoms with van der Waals surface area (Å²) in [6.45, 7) is 3.18. The molecule has 0 aromatic carbocycles. The third kappa shape index (κ3) is 1.37. The zero-order valence-corrected chi connectivity index (χ0v) is 8.15. The molecule has 0 saturated carbocycles. The first-order valence-electron chi connectivity index (χ1n) is 4.35. The van der Waals surface area contributed by atoms with Crippen LogP contribution in [0.4, 0.5) is 0 Å². The van der Waals surface area contributed by atoms with Crippen molar-refractivity contribution in [2.24, 2.45) is 0 Å². The number of nitrogens with zero attached hydrogens (tertiary/aromatic N) is 3. The molecule has 0 spiro atoms. The molecule has 14 heavy (non-hydrogen) atoms. The highest BCUT2D eigenvalue weighted by atomic mass is 16.5. The number of likely N-dealkylation sites (tertiary alicyclic amines) is 1. The van der Waals surface area contributed by atoms with Crippen LogP contribution >= 0.6 is 0 Å². The molecule has 2 rings (SSSR count). The van der Waals surface area contributed by atoms with E-state index in [2.05, 4.69) is 15.4 Å². The van der Waals surface area contributed by atoms with Crippen molar-refractivity contribution in [1.29, 1.82) is 0 Å². The molecule has 0 unspecified atom stereocenters. The van der Waals surface area contributed by atoms with E-state index in [4.69, 9.17) is 4.74 Å². The average Bonchev–Trinajstić information content (AvgIpc) is 2.64. The lowest BCUT2D eigenvalue weighted by atomic mass is 9.96. The van der Waals surface area contributed by atoms with Gasteiger partial charge in [0.15, 0.2) is 5.69 Å². The Balaban J connectivity index is 1.98. The van der Waals surface area contributed by atoms with Gasteiger partial charge in [-0.25, -0.2) is 0 Å². The van der Waals surface area contributed by atoms with Crippen LogP contribution < -0.4 is 0 Å². The minimum absolute atomic E-state index is 0.103. The number of amides is 1. The number of hydrogen-bond donors (Lipinski definition) is 1. The maximum Gasteiger partial charge on any atom is 0.276 e. The first kappa shape index (κ1) is 9.14. The molecule has 0 radical (unpaired) electrons. The number of carbonyl (C=O) groups excluding carboxylic acids is 1. The number of methoxy groups -OCH3 is 1. The summed E-state index contributed by atoms with van der Waals surface area (Å²) in [6, 6.07) is 0. The average molecular weight is 196 g/mol. The molecule has 2 heterocycles. The van der Waals surface area contributed by atoms with E-state index in [1.165, 1.54) is 6.20 Å². The monoisotopic (exact) mass is 196 g/mol. The van der Waals surface area contributed by atoms with E-state index in [0.29, 0.717) is 18.8 Å². The van der Waals surface area contributed by atoms with E-state index in [9.17, 15) is 4.79 Å². The summed E-state index contributed by atoms with van der Waals surface area (Å²) < 4.78 is 5.23. The van der Waals surface area contributed by atoms with Gasteiger partial charge in [0.1, 0.15) is 5.60 Å². The normalized spacial score (nSPS) is 19.1. The van der Waals surface area contributed by atoms with Gasteiger partial charge < -0.3 is 9.64 Å². The lowest BCUT2D eigenvalue weighted by Crippen LogP contribution is -2.62. The van der Waals surface area contributed by atoms with Gasteiger partial charge in [-0.3, -0.25) is 4.79 Å². The van der Waals surface area contributed by atoms with Crippen molar-refractivity contribution in [1.82, 2.24) is 20.3 Å². The van der Waals surface area contributed by atoms with Gasteiger partial charge in [0.05, 0.1) is 19.3 Å². The second kappa shape index (κ2) is 3.06. The molecular weight excluding hydrogens is 184 g/mol. The fourth-order valence-electron chi connectivity index (χ4n) is 1.50. The van der Waals surface area contributed by atoms with Crippen LogP contribution in [0.5, 0.6) is 0 Å². The molecule has 1 fully saturated rings. The number of rotatable bonds is 2. The third-order valence-electron chi connectivity index (χ3n) is 2.46. The Morgan fingerprint density at radius 3 is 2.93 bits per heavy atom. The maximum atomic E-state index is 11.6. The Bertz CT molecular complexity index is 329. The Morgan fingerprint density at radius 1 is 1.71 bits per heavy atom. The minimum Gasteiger partial charge on any atom is -0.375 e. The fraction of sp³-hybridized carbons (Fsp3) is 0.625. The number of aromatic nitrogens is 3. The van der Waals surface area contributed by atoms with Crippen molar-refractivity contribution >= 4 is 5.91 Å². The Hall–Kier alpha value is -1.43. The number of H-pyrrole nitrogens is 1. The van der Waals surface area contributed by atoms with Crippen molar-refractivity contribution in [3.63, 3.8) is 0 Å². The van der Waals surface area contributed by atoms with E-state index in [1.807, 2.05) is 6.92 Å². The molecule has 1 saturated heterocycles. The molecule has 6 heteroatoms. The molecule has 1 aromatic rings. The molecule has 6 nitrogen and oxygen atoms in total. The van der Waals surface area contributed by atoms with Crippen molar-refractivity contribution < 1.29 is 9.53 Å². The van der Waals surface area contributed by atoms with Gasteiger partial charge in [-0.15, -0.1) is 0 Å². The zero-order chi connectivity index (χ0) is 10.2. The number of carbonyl (C=O) groups is 1. The van der Waals surface area contributed by atoms with Crippen molar-refractivity contribution in [3.8, 4) is 0 Å². The summed E-state index contributed by atoms with van der Waals surface area (Å²) in [5.74, 6) is -0.103. The van der Waals surface area contributed by atoms with Crippen LogP contribution in [0, 0.1) is 0 Å². The highest BCUT2D eigenvalue weighted by Crippen LogP contribution is 2.24. The minimum atomic E-state index is -0.195. The molecule has 1 N–H and O–H groups in total. The van der Waals surface area contributed by atoms with Gasteiger partial charge in [0.2, 0.25) is 0 Å². The Morgan fingerprint density at radius 2 is 2.43 bits per heavy atom. The van der Waals surface area contributed by atoms with Crippen molar-refractivity contribution in [2.75, 3.05) is 20.2 Å². The predicted molar refractivity (Wildman–Crippen MR) is 47.7 cm³/mol. The highest BCUT2D eigenvalue weighted by Gasteiger charge is 2.42. The molecule has 76 valence electrons. The molecule has 1 aliphatic heterocycles. The van der Waals surface area contributed by atoms with Crippen molar-refractivity contribution in [3.05, 3.63) is 11.9 Å². The fourth-order valence-corrected chi connectivity index (χ4v) is 1.50. The second-order valence-electron chi connectivity index (χ2n) is 3.67. The number of aromatic amines is 1. The van der Waals surface area contributed by atoms with E-state index >= 15 is 0 Å². The van der Waals surface area contributed by atoms with Gasteiger partial charge in [-0.1, -0.05) is 0 Å². The smallest absolute Gasteiger partial charge is 0.276 e. The summed E-state index contributed by atoms with van der Waals surface area (Å²) in [4.78, 5) is 13.3. The van der Waals surface area contributed by atoms with Crippen LogP contribution in [-0.4, -0.2) is 52.0 Å². The quantitative estimate of drug-likeness (QED) is 0.702. The van der Waals surface area contributed by atoms with Gasteiger partial charge in [0.25, 0.3) is 5.91 Å². The summed E-state index contributed by atoms with van der Waals surface area (Å²) in [5.41, 5.74) is 0.155. The SMILES string of the molecule is COC1(C)CN(C(=O)c2cn[nH]n2)C1. The van der Waals surface area contributed by atoms with Crippen LogP contribution in [0.15, 0.2) is 6.20 Å². The van der Waals surface area contributed by atoms with E-state index in [0.717, 1.165) is 0 Å². The van der Waals surface area contributed by atoms with E-state index in [1.54, 1.807) is 12.0 Å². The number of ether oxygens (including phenoxy) is 1. The van der Waals surface area contributed by atoms with E-state index < -0.39 is 0 Å². The standard InChI is InChI=1S/C8H12N4O2/c1-8(14-2)4-12(5-8)7(13)6-3-9-11-10-6/h3H,4-5H2,1-2H3,(H,9,10,11). The lowest BCUT2D eigenvalue weighted by molar-refractivity contribution is -0.0949. The molecule has 0 bridgehead atoms. The Kier molecular flexibility index (Phi) is 1.99. The highest BCUT2D eigenvalue weighted by molar-refractivity contribution is 5.92. The molecule has 0 aliphatic carbocycles. The summed E-state index contributed by atoms with van der Waals surface area (Å²) in [7, 11) is 1.65. The molecule has 1 amide bonds. The van der Waals surface area contributed by atoms with Crippen LogP contribution in [0.3, 0.4) is 0 Å². The number of hydrogen-bond acceptors (Lipinski definition) is 4. The van der Waals surface area contributed by atoms with Gasteiger partial charge in [-0.2, -0.15) is 15.4 Å². The summed E-state index contributed by atoms with van der Waals surface area (Å²) >= 11 is 0. The molecule has 1 aliphatic rings. The summed E-state index contributed by atoms with van der Waals surface area (Å²) in [6.07, 6.45) is 1.42. The first-order valence-corrected chi connectivity index (χ1v) is 4.35. The maximum absolute atomic E-state index is 11.6. The number of nitrogens with one attached hydrogen (secondary N) is 1. The van der Waals surface area contributed by atoms with Gasteiger partial charge in [-0.05, 0) is 6.92 Å². The molecule has 0 atom stereocenters. The van der Waals surface area contributed by atoms with Crippen LogP contribution in [0.2, 0.25) is 0 Å². The van der Waals surface area contributed by atoms with Crippen LogP contribution in [-0.2, 0) is 4.74 Å². The lowest BCUT2D eigenvalue weighted by Gasteiger charge is -2.46. The zero-order valence-electron chi connectivity index (χ0n) is 8.15. The largest absolute Gasteiger partial charge is 0.375 e. The van der Waals surface area contributed by atoms with Crippen LogP contribution in [0.25, 0.3) is 0 Å². The predicted octanol–water partition coefficient (Wildman–Crippen LogP) is -0.334. The van der Waals surface area contributed by atoms with Gasteiger partial charge in [0, 0.05) is 7.11 Å². The molecule has 1 aromatic heterocycles. The third-order valence-corrected chi connectivity index (χ3v) is 2.46. The molecular formula is C8H12N4O2. The van der Waals surface area contributed by atoms with Crippen LogP contribution in [0.1, 0.15) is 17.4 Å². The van der Waals surface area contributed by atoms with E-state index in [-0.39, 0.29) is 11.5 Å². The van der Waals surface area contributed by atoms with Crippen molar-refractivity contribution in [2.45, 2.75) is 12.5 Å². The summed E-state index contributed by atoms with van der Waals surface area (Å²) in [5, 5.41) is 9.72. The topological polar surface area (TPSA) is 71.1 Å². The Labute approximate surface area is 81.2 Å². The first-order chi connectivity index (χ1) is 6.64.